The number of aliphatic hydroxyl groups excluding tert-OH is 1. The molecular formula is C23H21ClN2O. The highest BCUT2D eigenvalue weighted by Gasteiger charge is 2.39. The molecule has 0 aromatic heterocycles. The number of hydrogen-bond acceptors (Lipinski definition) is 3. The summed E-state index contributed by atoms with van der Waals surface area (Å²) >= 11 is 6.10. The number of hydrazone groups is 1. The van der Waals surface area contributed by atoms with Crippen molar-refractivity contribution in [1.82, 2.24) is 0 Å². The fourth-order valence-corrected chi connectivity index (χ4v) is 3.81. The van der Waals surface area contributed by atoms with Crippen molar-refractivity contribution in [1.29, 1.82) is 0 Å². The summed E-state index contributed by atoms with van der Waals surface area (Å²) in [6.07, 6.45) is 0. The van der Waals surface area contributed by atoms with Crippen LogP contribution in [-0.2, 0) is 0 Å². The van der Waals surface area contributed by atoms with Crippen LogP contribution in [-0.4, -0.2) is 23.5 Å². The van der Waals surface area contributed by atoms with Gasteiger partial charge in [-0.2, -0.15) is 5.10 Å². The number of benzene rings is 3. The van der Waals surface area contributed by atoms with Crippen LogP contribution in [0.15, 0.2) is 84.0 Å². The summed E-state index contributed by atoms with van der Waals surface area (Å²) in [5.41, 5.74) is 5.29. The van der Waals surface area contributed by atoms with Gasteiger partial charge < -0.3 is 5.11 Å². The Kier molecular flexibility index (Phi) is 4.97. The van der Waals surface area contributed by atoms with Crippen LogP contribution >= 0.6 is 11.6 Å². The summed E-state index contributed by atoms with van der Waals surface area (Å²) in [6, 6.07) is 26.0. The number of rotatable bonds is 4. The molecule has 1 aliphatic rings. The molecule has 0 fully saturated rings. The van der Waals surface area contributed by atoms with Gasteiger partial charge in [0.15, 0.2) is 0 Å². The molecule has 0 bridgehead atoms. The number of aryl methyl sites for hydroxylation is 1. The van der Waals surface area contributed by atoms with Crippen LogP contribution in [0.2, 0.25) is 5.02 Å². The molecule has 0 unspecified atom stereocenters. The minimum atomic E-state index is -0.177. The highest BCUT2D eigenvalue weighted by molar-refractivity contribution is 6.30. The Morgan fingerprint density at radius 2 is 1.70 bits per heavy atom. The van der Waals surface area contributed by atoms with E-state index in [1.54, 1.807) is 0 Å². The molecule has 0 saturated heterocycles. The minimum absolute atomic E-state index is 0.000995. The molecule has 1 N–H and O–H groups in total. The van der Waals surface area contributed by atoms with Gasteiger partial charge in [-0.05, 0) is 42.3 Å². The van der Waals surface area contributed by atoms with E-state index in [0.717, 1.165) is 22.5 Å². The smallest absolute Gasteiger partial charge is 0.0881 e. The normalized spacial score (nSPS) is 19.2. The second-order valence-electron chi connectivity index (χ2n) is 6.81. The van der Waals surface area contributed by atoms with Gasteiger partial charge in [-0.1, -0.05) is 71.8 Å². The zero-order valence-corrected chi connectivity index (χ0v) is 15.8. The van der Waals surface area contributed by atoms with Gasteiger partial charge >= 0.3 is 0 Å². The van der Waals surface area contributed by atoms with E-state index < -0.39 is 0 Å². The molecule has 3 aromatic rings. The maximum absolute atomic E-state index is 10.3. The molecule has 1 heterocycles. The lowest BCUT2D eigenvalue weighted by molar-refractivity contribution is 0.259. The fraction of sp³-hybridized carbons (Fsp3) is 0.174. The van der Waals surface area contributed by atoms with Crippen molar-refractivity contribution in [2.24, 2.45) is 5.10 Å². The quantitative estimate of drug-likeness (QED) is 0.694. The summed E-state index contributed by atoms with van der Waals surface area (Å²) in [5.74, 6) is -0.0470. The molecule has 0 spiro atoms. The zero-order valence-electron chi connectivity index (χ0n) is 15.1. The number of para-hydroxylation sites is 1. The Hall–Kier alpha value is -2.62. The van der Waals surface area contributed by atoms with Gasteiger partial charge in [-0.3, -0.25) is 5.01 Å². The van der Waals surface area contributed by atoms with Crippen molar-refractivity contribution in [3.63, 3.8) is 0 Å². The number of hydrogen-bond donors (Lipinski definition) is 1. The summed E-state index contributed by atoms with van der Waals surface area (Å²) in [7, 11) is 0. The Balaban J connectivity index is 1.85. The molecule has 0 saturated carbocycles. The minimum Gasteiger partial charge on any atom is -0.394 e. The molecule has 136 valence electrons. The van der Waals surface area contributed by atoms with Crippen LogP contribution in [0.25, 0.3) is 0 Å². The van der Waals surface area contributed by atoms with Gasteiger partial charge in [0.25, 0.3) is 0 Å². The van der Waals surface area contributed by atoms with Crippen LogP contribution in [0.3, 0.4) is 0 Å². The monoisotopic (exact) mass is 376 g/mol. The third kappa shape index (κ3) is 3.48. The first-order valence-corrected chi connectivity index (χ1v) is 9.41. The van der Waals surface area contributed by atoms with Gasteiger partial charge in [0.2, 0.25) is 0 Å². The second-order valence-corrected chi connectivity index (χ2v) is 7.25. The van der Waals surface area contributed by atoms with Crippen LogP contribution in [0.4, 0.5) is 5.69 Å². The summed E-state index contributed by atoms with van der Waals surface area (Å²) in [4.78, 5) is 0. The molecule has 27 heavy (non-hydrogen) atoms. The molecular weight excluding hydrogens is 356 g/mol. The Morgan fingerprint density at radius 1 is 0.963 bits per heavy atom. The first-order valence-electron chi connectivity index (χ1n) is 9.03. The average molecular weight is 377 g/mol. The van der Waals surface area contributed by atoms with E-state index in [4.69, 9.17) is 16.7 Å². The Labute approximate surface area is 164 Å². The van der Waals surface area contributed by atoms with Gasteiger partial charge in [0.1, 0.15) is 0 Å². The molecule has 0 aliphatic carbocycles. The van der Waals surface area contributed by atoms with Crippen LogP contribution in [0.5, 0.6) is 0 Å². The Morgan fingerprint density at radius 3 is 2.37 bits per heavy atom. The highest BCUT2D eigenvalue weighted by Crippen LogP contribution is 2.37. The predicted molar refractivity (Wildman–Crippen MR) is 112 cm³/mol. The van der Waals surface area contributed by atoms with Crippen molar-refractivity contribution in [3.8, 4) is 0 Å². The SMILES string of the molecule is Cc1cccc(C2=NN(c3ccccc3)[C@H](CO)[C@H]2c2ccc(Cl)cc2)c1. The van der Waals surface area contributed by atoms with Crippen molar-refractivity contribution in [2.75, 3.05) is 11.6 Å². The summed E-state index contributed by atoms with van der Waals surface area (Å²) in [6.45, 7) is 2.08. The van der Waals surface area contributed by atoms with Crippen molar-refractivity contribution < 1.29 is 5.11 Å². The Bertz CT molecular complexity index is 954. The van der Waals surface area contributed by atoms with Gasteiger partial charge in [0, 0.05) is 5.02 Å². The van der Waals surface area contributed by atoms with Crippen LogP contribution in [0, 0.1) is 6.92 Å². The average Bonchev–Trinajstić information content (AvgIpc) is 3.09. The maximum atomic E-state index is 10.3. The molecule has 0 radical (unpaired) electrons. The molecule has 2 atom stereocenters. The zero-order chi connectivity index (χ0) is 18.8. The van der Waals surface area contributed by atoms with Crippen molar-refractivity contribution in [3.05, 3.63) is 101 Å². The van der Waals surface area contributed by atoms with E-state index in [0.29, 0.717) is 5.02 Å². The van der Waals surface area contributed by atoms with E-state index in [2.05, 4.69) is 25.1 Å². The second kappa shape index (κ2) is 7.55. The number of nitrogens with zero attached hydrogens (tertiary/aromatic N) is 2. The topological polar surface area (TPSA) is 35.8 Å². The largest absolute Gasteiger partial charge is 0.394 e. The predicted octanol–water partition coefficient (Wildman–Crippen LogP) is 5.02. The number of aliphatic hydroxyl groups is 1. The van der Waals surface area contributed by atoms with E-state index >= 15 is 0 Å². The van der Waals surface area contributed by atoms with Gasteiger partial charge in [-0.15, -0.1) is 0 Å². The summed E-state index contributed by atoms with van der Waals surface area (Å²) < 4.78 is 0. The van der Waals surface area contributed by atoms with Crippen LogP contribution in [0.1, 0.15) is 22.6 Å². The molecule has 4 heteroatoms. The van der Waals surface area contributed by atoms with E-state index in [1.807, 2.05) is 65.7 Å². The third-order valence-corrected chi connectivity index (χ3v) is 5.21. The lowest BCUT2D eigenvalue weighted by atomic mass is 9.85. The summed E-state index contributed by atoms with van der Waals surface area (Å²) in [5, 5.41) is 17.9. The lowest BCUT2D eigenvalue weighted by Crippen LogP contribution is -2.35. The molecule has 0 amide bonds. The van der Waals surface area contributed by atoms with E-state index in [9.17, 15) is 5.11 Å². The van der Waals surface area contributed by atoms with Crippen LogP contribution < -0.4 is 5.01 Å². The lowest BCUT2D eigenvalue weighted by Gasteiger charge is -2.26. The molecule has 3 aromatic carbocycles. The first kappa shape index (κ1) is 17.8. The van der Waals surface area contributed by atoms with Gasteiger partial charge in [-0.25, -0.2) is 0 Å². The fourth-order valence-electron chi connectivity index (χ4n) is 3.68. The van der Waals surface area contributed by atoms with Crippen molar-refractivity contribution in [2.45, 2.75) is 18.9 Å². The molecule has 3 nitrogen and oxygen atoms in total. The standard InChI is InChI=1S/C23H21ClN2O/c1-16-6-5-7-18(14-16)23-22(17-10-12-19(24)13-11-17)21(15-27)26(25-23)20-8-3-2-4-9-20/h2-14,21-22,27H,15H2,1H3/t21-,22-/m1/s1. The molecule has 4 rings (SSSR count). The molecule has 1 aliphatic heterocycles. The number of halogens is 1. The van der Waals surface area contributed by atoms with Crippen molar-refractivity contribution >= 4 is 23.0 Å². The maximum Gasteiger partial charge on any atom is 0.0881 e. The highest BCUT2D eigenvalue weighted by atomic mass is 35.5. The van der Waals surface area contributed by atoms with E-state index in [-0.39, 0.29) is 18.6 Å². The number of anilines is 1. The van der Waals surface area contributed by atoms with Gasteiger partial charge in [0.05, 0.1) is 30.0 Å². The van der Waals surface area contributed by atoms with E-state index in [1.165, 1.54) is 5.56 Å². The third-order valence-electron chi connectivity index (χ3n) is 4.96. The first-order chi connectivity index (χ1) is 13.2.